The van der Waals surface area contributed by atoms with Crippen molar-refractivity contribution < 1.29 is 14.6 Å². The number of aliphatic hydroxyl groups is 1. The number of halogens is 1. The molecule has 2 aliphatic carbocycles. The molecule has 3 atom stereocenters. The molecular formula is C22H43IN4O3. The molecule has 0 aromatic rings. The smallest absolute Gasteiger partial charge is 0.191 e. The summed E-state index contributed by atoms with van der Waals surface area (Å²) in [6.45, 7) is 11.9. The molecule has 3 fully saturated rings. The highest BCUT2D eigenvalue weighted by Gasteiger charge is 2.55. The van der Waals surface area contributed by atoms with Gasteiger partial charge in [0.2, 0.25) is 0 Å². The highest BCUT2D eigenvalue weighted by molar-refractivity contribution is 14.0. The summed E-state index contributed by atoms with van der Waals surface area (Å²) in [6, 6.07) is 0.404. The second-order valence-electron chi connectivity index (χ2n) is 9.25. The summed E-state index contributed by atoms with van der Waals surface area (Å²) in [7, 11) is 0. The lowest BCUT2D eigenvalue weighted by Crippen LogP contribution is -2.66. The van der Waals surface area contributed by atoms with Gasteiger partial charge in [-0.2, -0.15) is 0 Å². The van der Waals surface area contributed by atoms with Gasteiger partial charge >= 0.3 is 0 Å². The Balaban J connectivity index is 0.00000320. The largest absolute Gasteiger partial charge is 0.387 e. The van der Waals surface area contributed by atoms with Gasteiger partial charge in [-0.1, -0.05) is 19.3 Å². The fourth-order valence-electron chi connectivity index (χ4n) is 5.29. The fourth-order valence-corrected chi connectivity index (χ4v) is 5.29. The summed E-state index contributed by atoms with van der Waals surface area (Å²) in [6.07, 6.45) is 7.83. The number of aliphatic imine (C=N–C) groups is 1. The lowest BCUT2D eigenvalue weighted by molar-refractivity contribution is -0.145. The van der Waals surface area contributed by atoms with E-state index in [1.165, 1.54) is 32.1 Å². The summed E-state index contributed by atoms with van der Waals surface area (Å²) in [4.78, 5) is 7.03. The number of morpholine rings is 1. The molecule has 1 spiro atoms. The molecule has 2 saturated carbocycles. The number of guanidine groups is 1. The van der Waals surface area contributed by atoms with Crippen molar-refractivity contribution in [3.05, 3.63) is 0 Å². The zero-order valence-corrected chi connectivity index (χ0v) is 21.5. The van der Waals surface area contributed by atoms with Crippen LogP contribution in [-0.4, -0.2) is 86.3 Å². The Hall–Kier alpha value is -0.160. The maximum absolute atomic E-state index is 10.9. The van der Waals surface area contributed by atoms with Crippen LogP contribution in [0.4, 0.5) is 0 Å². The molecule has 7 nitrogen and oxygen atoms in total. The van der Waals surface area contributed by atoms with Gasteiger partial charge in [-0.25, -0.2) is 0 Å². The average Bonchev–Trinajstić information content (AvgIpc) is 2.72. The van der Waals surface area contributed by atoms with Gasteiger partial charge in [0.05, 0.1) is 31.5 Å². The molecule has 176 valence electrons. The van der Waals surface area contributed by atoms with Gasteiger partial charge in [0.1, 0.15) is 0 Å². The van der Waals surface area contributed by atoms with Crippen molar-refractivity contribution in [3.8, 4) is 0 Å². The quantitative estimate of drug-likeness (QED) is 0.250. The van der Waals surface area contributed by atoms with Crippen LogP contribution in [0.25, 0.3) is 0 Å². The highest BCUT2D eigenvalue weighted by Crippen LogP contribution is 2.53. The lowest BCUT2D eigenvalue weighted by atomic mass is 9.55. The molecule has 3 unspecified atom stereocenters. The van der Waals surface area contributed by atoms with Crippen LogP contribution in [0, 0.1) is 5.41 Å². The molecule has 30 heavy (non-hydrogen) atoms. The van der Waals surface area contributed by atoms with Crippen molar-refractivity contribution in [2.24, 2.45) is 10.4 Å². The third kappa shape index (κ3) is 6.67. The van der Waals surface area contributed by atoms with Gasteiger partial charge < -0.3 is 25.2 Å². The summed E-state index contributed by atoms with van der Waals surface area (Å²) < 4.78 is 11.5. The summed E-state index contributed by atoms with van der Waals surface area (Å²) in [5, 5.41) is 18.0. The van der Waals surface area contributed by atoms with Crippen molar-refractivity contribution in [3.63, 3.8) is 0 Å². The second kappa shape index (κ2) is 12.2. The first-order chi connectivity index (χ1) is 14.0. The van der Waals surface area contributed by atoms with E-state index in [0.717, 1.165) is 51.8 Å². The fraction of sp³-hybridized carbons (Fsp3) is 0.955. The Morgan fingerprint density at radius 2 is 1.93 bits per heavy atom. The first-order valence-corrected chi connectivity index (χ1v) is 11.7. The molecule has 0 amide bonds. The molecule has 1 heterocycles. The van der Waals surface area contributed by atoms with E-state index in [-0.39, 0.29) is 29.4 Å². The van der Waals surface area contributed by atoms with Crippen LogP contribution in [0.2, 0.25) is 0 Å². The van der Waals surface area contributed by atoms with E-state index in [1.807, 2.05) is 6.92 Å². The van der Waals surface area contributed by atoms with Crippen LogP contribution in [0.15, 0.2) is 4.99 Å². The Kier molecular flexibility index (Phi) is 10.6. The van der Waals surface area contributed by atoms with Crippen LogP contribution in [0.3, 0.4) is 0 Å². The van der Waals surface area contributed by atoms with Crippen molar-refractivity contribution in [2.75, 3.05) is 52.5 Å². The van der Waals surface area contributed by atoms with Gasteiger partial charge in [-0.15, -0.1) is 24.0 Å². The second-order valence-corrected chi connectivity index (χ2v) is 9.25. The maximum Gasteiger partial charge on any atom is 0.191 e. The Morgan fingerprint density at radius 3 is 2.57 bits per heavy atom. The van der Waals surface area contributed by atoms with Crippen LogP contribution in [0.5, 0.6) is 0 Å². The number of ether oxygens (including phenoxy) is 2. The molecule has 1 aliphatic heterocycles. The molecule has 3 aliphatic rings. The number of rotatable bonds is 8. The van der Waals surface area contributed by atoms with E-state index < -0.39 is 5.60 Å². The third-order valence-electron chi connectivity index (χ3n) is 6.84. The minimum atomic E-state index is -0.852. The number of nitrogens with zero attached hydrogens (tertiary/aromatic N) is 2. The standard InChI is InChI=1S/C22H42N4O3.HI/c1-4-23-20(24-16-21(3,27)17-26-11-13-28-14-12-26)25-18-15-19(29-5-2)22(18)9-7-6-8-10-22;/h18-19,27H,4-17H2,1-3H3,(H2,23,24,25);1H. The molecule has 0 aromatic carbocycles. The predicted octanol–water partition coefficient (Wildman–Crippen LogP) is 2.37. The monoisotopic (exact) mass is 538 g/mol. The molecule has 8 heteroatoms. The van der Waals surface area contributed by atoms with E-state index in [0.29, 0.717) is 25.2 Å². The molecule has 3 rings (SSSR count). The predicted molar refractivity (Wildman–Crippen MR) is 132 cm³/mol. The van der Waals surface area contributed by atoms with Crippen molar-refractivity contribution in [1.29, 1.82) is 0 Å². The zero-order chi connectivity index (χ0) is 20.7. The number of β-amino-alcohol motifs (C(OH)–C–C–N with tert-alkyl or cyclic N) is 1. The van der Waals surface area contributed by atoms with Gasteiger partial charge in [0.25, 0.3) is 0 Å². The van der Waals surface area contributed by atoms with Crippen LogP contribution < -0.4 is 10.6 Å². The lowest BCUT2D eigenvalue weighted by Gasteiger charge is -2.58. The summed E-state index contributed by atoms with van der Waals surface area (Å²) >= 11 is 0. The van der Waals surface area contributed by atoms with Gasteiger partial charge in [0.15, 0.2) is 5.96 Å². The molecule has 3 N–H and O–H groups in total. The molecule has 0 aromatic heterocycles. The van der Waals surface area contributed by atoms with E-state index in [4.69, 9.17) is 14.5 Å². The van der Waals surface area contributed by atoms with Gasteiger partial charge in [-0.3, -0.25) is 9.89 Å². The average molecular weight is 539 g/mol. The van der Waals surface area contributed by atoms with Gasteiger partial charge in [0, 0.05) is 44.2 Å². The summed E-state index contributed by atoms with van der Waals surface area (Å²) in [5.74, 6) is 0.819. The van der Waals surface area contributed by atoms with Gasteiger partial charge in [-0.05, 0) is 40.0 Å². The minimum Gasteiger partial charge on any atom is -0.387 e. The normalized spacial score (nSPS) is 28.9. The Bertz CT molecular complexity index is 534. The zero-order valence-electron chi connectivity index (χ0n) is 19.1. The third-order valence-corrected chi connectivity index (χ3v) is 6.84. The topological polar surface area (TPSA) is 78.4 Å². The number of nitrogens with one attached hydrogen (secondary N) is 2. The van der Waals surface area contributed by atoms with Crippen LogP contribution in [-0.2, 0) is 9.47 Å². The highest BCUT2D eigenvalue weighted by atomic mass is 127. The van der Waals surface area contributed by atoms with Crippen LogP contribution >= 0.6 is 24.0 Å². The van der Waals surface area contributed by atoms with Crippen molar-refractivity contribution >= 4 is 29.9 Å². The van der Waals surface area contributed by atoms with E-state index in [1.54, 1.807) is 0 Å². The van der Waals surface area contributed by atoms with Crippen LogP contribution in [0.1, 0.15) is 59.3 Å². The van der Waals surface area contributed by atoms with Crippen molar-refractivity contribution in [1.82, 2.24) is 15.5 Å². The Morgan fingerprint density at radius 1 is 1.23 bits per heavy atom. The Labute approximate surface area is 199 Å². The number of hydrogen-bond donors (Lipinski definition) is 3. The minimum absolute atomic E-state index is 0. The van der Waals surface area contributed by atoms with Crippen molar-refractivity contribution in [2.45, 2.75) is 77.0 Å². The van der Waals surface area contributed by atoms with E-state index >= 15 is 0 Å². The molecule has 0 bridgehead atoms. The molecular weight excluding hydrogens is 495 g/mol. The van der Waals surface area contributed by atoms with E-state index in [9.17, 15) is 5.11 Å². The van der Waals surface area contributed by atoms with E-state index in [2.05, 4.69) is 29.4 Å². The first-order valence-electron chi connectivity index (χ1n) is 11.7. The first kappa shape index (κ1) is 26.1. The SMILES string of the molecule is CCNC(=NCC(C)(O)CN1CCOCC1)NC1CC(OCC)C12CCCCC2.I. The number of hydrogen-bond acceptors (Lipinski definition) is 5. The molecule has 1 saturated heterocycles. The molecule has 0 radical (unpaired) electrons. The maximum atomic E-state index is 10.9. The summed E-state index contributed by atoms with van der Waals surface area (Å²) in [5.41, 5.74) is -0.601.